The zero-order valence-electron chi connectivity index (χ0n) is 8.98. The first-order valence-electron chi connectivity index (χ1n) is 4.77. The summed E-state index contributed by atoms with van der Waals surface area (Å²) >= 11 is 6.56. The van der Waals surface area contributed by atoms with Crippen molar-refractivity contribution in [1.29, 1.82) is 0 Å². The summed E-state index contributed by atoms with van der Waals surface area (Å²) in [6.45, 7) is 2.12. The Morgan fingerprint density at radius 3 is 2.53 bits per heavy atom. The number of nitrogens with zero attached hydrogens (tertiary/aromatic N) is 3. The fourth-order valence-electron chi connectivity index (χ4n) is 1.24. The molecule has 1 rings (SSSR count). The first-order chi connectivity index (χ1) is 8.08. The first-order valence-corrected chi connectivity index (χ1v) is 6.35. The van der Waals surface area contributed by atoms with Crippen molar-refractivity contribution in [2.75, 3.05) is 6.61 Å². The van der Waals surface area contributed by atoms with E-state index < -0.39 is 0 Å². The number of rotatable bonds is 4. The summed E-state index contributed by atoms with van der Waals surface area (Å²) in [5.41, 5.74) is 9.63. The van der Waals surface area contributed by atoms with Gasteiger partial charge in [0.05, 0.1) is 18.7 Å². The molecule has 1 aromatic carbocycles. The zero-order valence-corrected chi connectivity index (χ0v) is 12.2. The van der Waals surface area contributed by atoms with Crippen LogP contribution < -0.4 is 0 Å². The lowest BCUT2D eigenvalue weighted by Gasteiger charge is -2.06. The van der Waals surface area contributed by atoms with Gasteiger partial charge in [0, 0.05) is 13.9 Å². The molecule has 0 radical (unpaired) electrons. The quantitative estimate of drug-likeness (QED) is 0.347. The summed E-state index contributed by atoms with van der Waals surface area (Å²) in [6.07, 6.45) is 0.182. The molecule has 0 unspecified atom stereocenters. The monoisotopic (exact) mass is 361 g/mol. The molecule has 0 aliphatic rings. The van der Waals surface area contributed by atoms with E-state index in [1.165, 1.54) is 0 Å². The molecule has 0 N–H and O–H groups in total. The Morgan fingerprint density at radius 1 is 1.47 bits per heavy atom. The smallest absolute Gasteiger partial charge is 0.310 e. The number of halogens is 2. The van der Waals surface area contributed by atoms with Crippen molar-refractivity contribution in [3.8, 4) is 0 Å². The molecule has 0 amide bonds. The molecule has 0 saturated heterocycles. The summed E-state index contributed by atoms with van der Waals surface area (Å²) in [4.78, 5) is 14.0. The van der Waals surface area contributed by atoms with Crippen LogP contribution in [0.25, 0.3) is 10.4 Å². The fourth-order valence-corrected chi connectivity index (χ4v) is 2.68. The van der Waals surface area contributed by atoms with Crippen LogP contribution in [0.3, 0.4) is 0 Å². The van der Waals surface area contributed by atoms with Gasteiger partial charge in [-0.25, -0.2) is 0 Å². The summed E-state index contributed by atoms with van der Waals surface area (Å²) < 4.78 is 6.11. The maximum Gasteiger partial charge on any atom is 0.310 e. The maximum atomic E-state index is 11.3. The van der Waals surface area contributed by atoms with Gasteiger partial charge in [0.25, 0.3) is 0 Å². The van der Waals surface area contributed by atoms with Gasteiger partial charge in [0.2, 0.25) is 0 Å². The second-order valence-corrected chi connectivity index (χ2v) is 4.79. The maximum absolute atomic E-state index is 11.3. The van der Waals surface area contributed by atoms with Crippen LogP contribution >= 0.6 is 31.9 Å². The Hall–Kier alpha value is -1.04. The van der Waals surface area contributed by atoms with E-state index in [1.54, 1.807) is 19.1 Å². The van der Waals surface area contributed by atoms with E-state index in [4.69, 9.17) is 10.3 Å². The molecule has 0 heterocycles. The van der Waals surface area contributed by atoms with Gasteiger partial charge < -0.3 is 4.74 Å². The van der Waals surface area contributed by atoms with Crippen LogP contribution in [0.5, 0.6) is 0 Å². The Kier molecular flexibility index (Phi) is 5.47. The highest BCUT2D eigenvalue weighted by atomic mass is 79.9. The van der Waals surface area contributed by atoms with Gasteiger partial charge in [-0.1, -0.05) is 37.0 Å². The van der Waals surface area contributed by atoms with Crippen molar-refractivity contribution in [2.45, 2.75) is 13.3 Å². The van der Waals surface area contributed by atoms with Crippen LogP contribution in [-0.2, 0) is 16.0 Å². The number of carbonyl (C=O) groups excluding carboxylic acids is 1. The van der Waals surface area contributed by atoms with Crippen molar-refractivity contribution in [3.63, 3.8) is 0 Å². The number of ether oxygens (including phenoxy) is 1. The lowest BCUT2D eigenvalue weighted by molar-refractivity contribution is -0.142. The standard InChI is InChI=1S/C10H9Br2N3O2/c1-2-17-9(16)5-6-3-7(11)10(14-15-13)8(12)4-6/h3-4H,2,5H2,1H3. The van der Waals surface area contributed by atoms with Crippen LogP contribution in [0.4, 0.5) is 5.69 Å². The van der Waals surface area contributed by atoms with E-state index in [1.807, 2.05) is 0 Å². The number of benzene rings is 1. The highest BCUT2D eigenvalue weighted by Crippen LogP contribution is 2.35. The molecule has 0 saturated carbocycles. The van der Waals surface area contributed by atoms with Gasteiger partial charge in [-0.2, -0.15) is 0 Å². The second-order valence-electron chi connectivity index (χ2n) is 3.08. The van der Waals surface area contributed by atoms with E-state index in [-0.39, 0.29) is 12.4 Å². The van der Waals surface area contributed by atoms with Crippen LogP contribution in [-0.4, -0.2) is 12.6 Å². The van der Waals surface area contributed by atoms with Gasteiger partial charge in [0.15, 0.2) is 0 Å². The summed E-state index contributed by atoms with van der Waals surface area (Å²) in [7, 11) is 0. The second kappa shape index (κ2) is 6.64. The van der Waals surface area contributed by atoms with Crippen molar-refractivity contribution in [3.05, 3.63) is 37.1 Å². The van der Waals surface area contributed by atoms with Crippen molar-refractivity contribution in [2.24, 2.45) is 5.11 Å². The molecule has 5 nitrogen and oxygen atoms in total. The number of esters is 1. The molecule has 0 aliphatic carbocycles. The number of carbonyl (C=O) groups is 1. The van der Waals surface area contributed by atoms with E-state index in [0.29, 0.717) is 21.2 Å². The lowest BCUT2D eigenvalue weighted by Crippen LogP contribution is -2.07. The highest BCUT2D eigenvalue weighted by molar-refractivity contribution is 9.11. The van der Waals surface area contributed by atoms with Gasteiger partial charge >= 0.3 is 5.97 Å². The number of hydrogen-bond donors (Lipinski definition) is 0. The summed E-state index contributed by atoms with van der Waals surface area (Å²) in [5, 5.41) is 3.53. The van der Waals surface area contributed by atoms with E-state index in [9.17, 15) is 4.79 Å². The minimum absolute atomic E-state index is 0.182. The van der Waals surface area contributed by atoms with Gasteiger partial charge in [-0.05, 0) is 30.2 Å². The predicted molar refractivity (Wildman–Crippen MR) is 71.0 cm³/mol. The van der Waals surface area contributed by atoms with Crippen LogP contribution in [0.1, 0.15) is 12.5 Å². The SMILES string of the molecule is CCOC(=O)Cc1cc(Br)c(N=[N+]=[N-])c(Br)c1. The third kappa shape index (κ3) is 4.03. The lowest BCUT2D eigenvalue weighted by atomic mass is 10.1. The normalized spacial score (nSPS) is 9.59. The summed E-state index contributed by atoms with van der Waals surface area (Å²) in [6, 6.07) is 3.46. The third-order valence-corrected chi connectivity index (χ3v) is 3.08. The Bertz CT molecular complexity index is 461. The average Bonchev–Trinajstić information content (AvgIpc) is 2.23. The number of hydrogen-bond acceptors (Lipinski definition) is 3. The molecular weight excluding hydrogens is 354 g/mol. The minimum Gasteiger partial charge on any atom is -0.466 e. The molecule has 0 aliphatic heterocycles. The van der Waals surface area contributed by atoms with Gasteiger partial charge in [-0.15, -0.1) is 0 Å². The third-order valence-electron chi connectivity index (χ3n) is 1.88. The van der Waals surface area contributed by atoms with Crippen molar-refractivity contribution < 1.29 is 9.53 Å². The molecule has 0 spiro atoms. The Labute approximate surface area is 115 Å². The molecule has 0 fully saturated rings. The first kappa shape index (κ1) is 14.0. The number of azide groups is 1. The highest BCUT2D eigenvalue weighted by Gasteiger charge is 2.09. The van der Waals surface area contributed by atoms with Crippen LogP contribution in [0.2, 0.25) is 0 Å². The molecule has 0 bridgehead atoms. The van der Waals surface area contributed by atoms with E-state index in [0.717, 1.165) is 5.56 Å². The Morgan fingerprint density at radius 2 is 2.06 bits per heavy atom. The van der Waals surface area contributed by atoms with E-state index in [2.05, 4.69) is 41.9 Å². The topological polar surface area (TPSA) is 75.1 Å². The summed E-state index contributed by atoms with van der Waals surface area (Å²) in [5.74, 6) is -0.289. The molecule has 90 valence electrons. The van der Waals surface area contributed by atoms with Gasteiger partial charge in [0.1, 0.15) is 0 Å². The fraction of sp³-hybridized carbons (Fsp3) is 0.300. The van der Waals surface area contributed by atoms with E-state index >= 15 is 0 Å². The predicted octanol–water partition coefficient (Wildman–Crippen LogP) is 4.26. The average molecular weight is 363 g/mol. The molecule has 7 heteroatoms. The molecular formula is C10H9Br2N3O2. The molecule has 0 atom stereocenters. The van der Waals surface area contributed by atoms with Crippen molar-refractivity contribution >= 4 is 43.5 Å². The minimum atomic E-state index is -0.289. The molecule has 0 aromatic heterocycles. The Balaban J connectivity index is 2.98. The van der Waals surface area contributed by atoms with Crippen molar-refractivity contribution in [1.82, 2.24) is 0 Å². The van der Waals surface area contributed by atoms with Crippen LogP contribution in [0.15, 0.2) is 26.2 Å². The molecule has 1 aromatic rings. The van der Waals surface area contributed by atoms with Gasteiger partial charge in [-0.3, -0.25) is 4.79 Å². The largest absolute Gasteiger partial charge is 0.466 e. The molecule has 17 heavy (non-hydrogen) atoms. The van der Waals surface area contributed by atoms with Crippen LogP contribution in [0, 0.1) is 0 Å². The zero-order chi connectivity index (χ0) is 12.8.